The third-order valence-corrected chi connectivity index (χ3v) is 5.03. The lowest BCUT2D eigenvalue weighted by atomic mass is 10.1. The van der Waals surface area contributed by atoms with E-state index >= 15 is 0 Å². The lowest BCUT2D eigenvalue weighted by molar-refractivity contribution is 0.0747. The van der Waals surface area contributed by atoms with Gasteiger partial charge in [0, 0.05) is 58.2 Å². The van der Waals surface area contributed by atoms with Gasteiger partial charge in [0.05, 0.1) is 24.6 Å². The number of anilines is 1. The SMILES string of the molecule is COc1ccccc1N1CCN(C(=O)c2cn(C)nc2-c2cnn(C)c2)CC1. The van der Waals surface area contributed by atoms with Crippen LogP contribution in [0.4, 0.5) is 5.69 Å². The van der Waals surface area contributed by atoms with Crippen LogP contribution in [0.5, 0.6) is 5.75 Å². The molecule has 3 heterocycles. The molecule has 1 fully saturated rings. The Bertz CT molecular complexity index is 984. The highest BCUT2D eigenvalue weighted by atomic mass is 16.5. The molecule has 8 heteroatoms. The molecule has 1 aliphatic rings. The zero-order chi connectivity index (χ0) is 19.7. The number of carbonyl (C=O) groups excluding carboxylic acids is 1. The maximum absolute atomic E-state index is 13.2. The van der Waals surface area contributed by atoms with Crippen molar-refractivity contribution in [2.24, 2.45) is 14.1 Å². The second-order valence-electron chi connectivity index (χ2n) is 6.92. The van der Waals surface area contributed by atoms with E-state index in [-0.39, 0.29) is 5.91 Å². The molecule has 1 aromatic carbocycles. The Morgan fingerprint density at radius 1 is 1.04 bits per heavy atom. The average molecular weight is 380 g/mol. The highest BCUT2D eigenvalue weighted by Crippen LogP contribution is 2.29. The number of aromatic nitrogens is 4. The van der Waals surface area contributed by atoms with Crippen molar-refractivity contribution in [2.45, 2.75) is 0 Å². The molecule has 4 rings (SSSR count). The summed E-state index contributed by atoms with van der Waals surface area (Å²) in [5, 5.41) is 8.68. The van der Waals surface area contributed by atoms with E-state index in [1.807, 2.05) is 43.4 Å². The number of nitrogens with zero attached hydrogens (tertiary/aromatic N) is 6. The molecule has 1 saturated heterocycles. The van der Waals surface area contributed by atoms with Crippen molar-refractivity contribution in [3.05, 3.63) is 48.4 Å². The van der Waals surface area contributed by atoms with Gasteiger partial charge in [-0.05, 0) is 12.1 Å². The molecular weight excluding hydrogens is 356 g/mol. The molecule has 0 bridgehead atoms. The average Bonchev–Trinajstić information content (AvgIpc) is 3.33. The lowest BCUT2D eigenvalue weighted by Gasteiger charge is -2.36. The summed E-state index contributed by atoms with van der Waals surface area (Å²) in [5.41, 5.74) is 3.20. The first kappa shape index (κ1) is 18.1. The van der Waals surface area contributed by atoms with Crippen LogP contribution < -0.4 is 9.64 Å². The summed E-state index contributed by atoms with van der Waals surface area (Å²) in [6.07, 6.45) is 5.40. The lowest BCUT2D eigenvalue weighted by Crippen LogP contribution is -2.48. The van der Waals surface area contributed by atoms with E-state index in [1.165, 1.54) is 0 Å². The molecule has 3 aromatic rings. The number of amides is 1. The molecule has 28 heavy (non-hydrogen) atoms. The fourth-order valence-electron chi connectivity index (χ4n) is 3.61. The molecule has 2 aromatic heterocycles. The van der Waals surface area contributed by atoms with Gasteiger partial charge in [-0.2, -0.15) is 10.2 Å². The van der Waals surface area contributed by atoms with Crippen molar-refractivity contribution in [1.82, 2.24) is 24.5 Å². The number of methoxy groups -OCH3 is 1. The Morgan fingerprint density at radius 2 is 1.79 bits per heavy atom. The summed E-state index contributed by atoms with van der Waals surface area (Å²) in [7, 11) is 5.36. The Balaban J connectivity index is 1.51. The number of para-hydroxylation sites is 2. The topological polar surface area (TPSA) is 68.4 Å². The Kier molecular flexibility index (Phi) is 4.77. The zero-order valence-electron chi connectivity index (χ0n) is 16.4. The monoisotopic (exact) mass is 380 g/mol. The van der Waals surface area contributed by atoms with E-state index in [9.17, 15) is 4.79 Å². The van der Waals surface area contributed by atoms with Gasteiger partial charge < -0.3 is 14.5 Å². The van der Waals surface area contributed by atoms with Crippen LogP contribution >= 0.6 is 0 Å². The van der Waals surface area contributed by atoms with Crippen LogP contribution in [0.25, 0.3) is 11.3 Å². The van der Waals surface area contributed by atoms with Gasteiger partial charge >= 0.3 is 0 Å². The molecule has 0 aliphatic carbocycles. The van der Waals surface area contributed by atoms with E-state index in [2.05, 4.69) is 21.2 Å². The van der Waals surface area contributed by atoms with Crippen molar-refractivity contribution in [1.29, 1.82) is 0 Å². The van der Waals surface area contributed by atoms with Crippen molar-refractivity contribution in [2.75, 3.05) is 38.2 Å². The fourth-order valence-corrected chi connectivity index (χ4v) is 3.61. The molecule has 0 radical (unpaired) electrons. The van der Waals surface area contributed by atoms with Crippen molar-refractivity contribution < 1.29 is 9.53 Å². The molecule has 1 aliphatic heterocycles. The number of carbonyl (C=O) groups is 1. The van der Waals surface area contributed by atoms with Gasteiger partial charge in [0.25, 0.3) is 5.91 Å². The van der Waals surface area contributed by atoms with Gasteiger partial charge in [0.1, 0.15) is 11.4 Å². The minimum Gasteiger partial charge on any atom is -0.495 e. The van der Waals surface area contributed by atoms with Crippen LogP contribution in [0.3, 0.4) is 0 Å². The second-order valence-corrected chi connectivity index (χ2v) is 6.92. The molecule has 0 unspecified atom stereocenters. The van der Waals surface area contributed by atoms with Gasteiger partial charge in [0.2, 0.25) is 0 Å². The predicted octanol–water partition coefficient (Wildman–Crippen LogP) is 1.79. The normalized spacial score (nSPS) is 14.4. The fraction of sp³-hybridized carbons (Fsp3) is 0.350. The van der Waals surface area contributed by atoms with E-state index in [1.54, 1.807) is 28.9 Å². The van der Waals surface area contributed by atoms with E-state index in [4.69, 9.17) is 4.74 Å². The van der Waals surface area contributed by atoms with Gasteiger partial charge in [-0.15, -0.1) is 0 Å². The van der Waals surface area contributed by atoms with E-state index in [0.29, 0.717) is 24.3 Å². The summed E-state index contributed by atoms with van der Waals surface area (Å²) < 4.78 is 8.86. The Hall–Kier alpha value is -3.29. The number of hydrogen-bond acceptors (Lipinski definition) is 5. The maximum Gasteiger partial charge on any atom is 0.257 e. The first-order valence-electron chi connectivity index (χ1n) is 9.26. The standard InChI is InChI=1S/C20H24N6O2/c1-23-13-15(12-21-23)19-16(14-24(2)22-19)20(27)26-10-8-25(9-11-26)17-6-4-5-7-18(17)28-3/h4-7,12-14H,8-11H2,1-3H3. The highest BCUT2D eigenvalue weighted by molar-refractivity contribution is 5.99. The van der Waals surface area contributed by atoms with Crippen LogP contribution in [0.2, 0.25) is 0 Å². The maximum atomic E-state index is 13.2. The third kappa shape index (κ3) is 3.33. The van der Waals surface area contributed by atoms with Crippen LogP contribution in [-0.2, 0) is 14.1 Å². The largest absolute Gasteiger partial charge is 0.495 e. The highest BCUT2D eigenvalue weighted by Gasteiger charge is 2.27. The number of piperazine rings is 1. The second kappa shape index (κ2) is 7.38. The van der Waals surface area contributed by atoms with Gasteiger partial charge in [0.15, 0.2) is 0 Å². The number of benzene rings is 1. The molecule has 0 atom stereocenters. The molecule has 0 N–H and O–H groups in total. The quantitative estimate of drug-likeness (QED) is 0.690. The number of hydrogen-bond donors (Lipinski definition) is 0. The number of aryl methyl sites for hydroxylation is 2. The summed E-state index contributed by atoms with van der Waals surface area (Å²) in [6.45, 7) is 2.82. The van der Waals surface area contributed by atoms with Crippen molar-refractivity contribution in [3.63, 3.8) is 0 Å². The van der Waals surface area contributed by atoms with E-state index < -0.39 is 0 Å². The first-order chi connectivity index (χ1) is 13.6. The summed E-state index contributed by atoms with van der Waals surface area (Å²) in [5.74, 6) is 0.861. The van der Waals surface area contributed by atoms with Crippen LogP contribution in [-0.4, -0.2) is 63.7 Å². The number of ether oxygens (including phenoxy) is 1. The van der Waals surface area contributed by atoms with Crippen molar-refractivity contribution in [3.8, 4) is 17.0 Å². The summed E-state index contributed by atoms with van der Waals surface area (Å²) in [6, 6.07) is 7.98. The van der Waals surface area contributed by atoms with Gasteiger partial charge in [-0.3, -0.25) is 14.2 Å². The van der Waals surface area contributed by atoms with Gasteiger partial charge in [-0.25, -0.2) is 0 Å². The van der Waals surface area contributed by atoms with Crippen LogP contribution in [0.1, 0.15) is 10.4 Å². The Labute approximate surface area is 163 Å². The summed E-state index contributed by atoms with van der Waals surface area (Å²) in [4.78, 5) is 17.3. The summed E-state index contributed by atoms with van der Waals surface area (Å²) >= 11 is 0. The molecular formula is C20H24N6O2. The van der Waals surface area contributed by atoms with E-state index in [0.717, 1.165) is 30.1 Å². The minimum atomic E-state index is 0.00614. The predicted molar refractivity (Wildman–Crippen MR) is 107 cm³/mol. The third-order valence-electron chi connectivity index (χ3n) is 5.03. The minimum absolute atomic E-state index is 0.00614. The van der Waals surface area contributed by atoms with Gasteiger partial charge in [-0.1, -0.05) is 12.1 Å². The number of rotatable bonds is 4. The Morgan fingerprint density at radius 3 is 2.46 bits per heavy atom. The van der Waals surface area contributed by atoms with Crippen molar-refractivity contribution >= 4 is 11.6 Å². The molecule has 8 nitrogen and oxygen atoms in total. The molecule has 0 spiro atoms. The van der Waals surface area contributed by atoms with Crippen LogP contribution in [0.15, 0.2) is 42.9 Å². The molecule has 146 valence electrons. The first-order valence-corrected chi connectivity index (χ1v) is 9.26. The zero-order valence-corrected chi connectivity index (χ0v) is 16.4. The van der Waals surface area contributed by atoms with Crippen LogP contribution in [0, 0.1) is 0 Å². The smallest absolute Gasteiger partial charge is 0.257 e. The molecule has 1 amide bonds. The molecule has 0 saturated carbocycles.